The van der Waals surface area contributed by atoms with Crippen LogP contribution >= 0.6 is 11.8 Å². The summed E-state index contributed by atoms with van der Waals surface area (Å²) >= 11 is 1.67. The second kappa shape index (κ2) is 5.06. The molecule has 1 aromatic carbocycles. The van der Waals surface area contributed by atoms with Crippen LogP contribution in [0.4, 0.5) is 5.69 Å². The van der Waals surface area contributed by atoms with Crippen molar-refractivity contribution in [2.45, 2.75) is 30.0 Å². The normalized spacial score (nSPS) is 25.3. The van der Waals surface area contributed by atoms with Crippen molar-refractivity contribution in [2.24, 2.45) is 0 Å². The van der Waals surface area contributed by atoms with Crippen molar-refractivity contribution in [3.8, 4) is 0 Å². The first-order chi connectivity index (χ1) is 8.81. The van der Waals surface area contributed by atoms with Gasteiger partial charge in [0.05, 0.1) is 5.37 Å². The van der Waals surface area contributed by atoms with Gasteiger partial charge in [-0.1, -0.05) is 12.1 Å². The van der Waals surface area contributed by atoms with Crippen molar-refractivity contribution >= 4 is 23.4 Å². The Morgan fingerprint density at radius 2 is 1.89 bits per heavy atom. The molecule has 0 radical (unpaired) electrons. The van der Waals surface area contributed by atoms with Crippen LogP contribution in [0.2, 0.25) is 0 Å². The molecule has 1 heterocycles. The summed E-state index contributed by atoms with van der Waals surface area (Å²) in [6.07, 6.45) is 0. The number of nitrogens with one attached hydrogen (secondary N) is 1. The Hall–Kier alpha value is -1.20. The van der Waals surface area contributed by atoms with E-state index in [-0.39, 0.29) is 10.1 Å². The molecule has 4 nitrogen and oxygen atoms in total. The van der Waals surface area contributed by atoms with Crippen LogP contribution in [0.5, 0.6) is 0 Å². The van der Waals surface area contributed by atoms with Gasteiger partial charge in [-0.2, -0.15) is 0 Å². The van der Waals surface area contributed by atoms with E-state index in [9.17, 15) is 9.90 Å². The zero-order valence-electron chi connectivity index (χ0n) is 11.7. The summed E-state index contributed by atoms with van der Waals surface area (Å²) in [5.74, 6) is -0.787. The maximum absolute atomic E-state index is 11.3. The summed E-state index contributed by atoms with van der Waals surface area (Å²) in [4.78, 5) is 13.3. The standard InChI is InChI=1S/C14H20N2O2S/c1-14(2)11(13(17)18)15-12(19-14)9-5-7-10(8-6-9)16(3)4/h5-8,11-12,15H,1-4H3,(H,17,18)/t11-,12+/m1/s1. The van der Waals surface area contributed by atoms with Gasteiger partial charge < -0.3 is 10.0 Å². The van der Waals surface area contributed by atoms with E-state index in [1.165, 1.54) is 0 Å². The topological polar surface area (TPSA) is 52.6 Å². The lowest BCUT2D eigenvalue weighted by Gasteiger charge is -2.20. The van der Waals surface area contributed by atoms with E-state index in [0.29, 0.717) is 0 Å². The van der Waals surface area contributed by atoms with Crippen LogP contribution in [-0.2, 0) is 4.79 Å². The Morgan fingerprint density at radius 1 is 1.32 bits per heavy atom. The number of rotatable bonds is 3. The predicted octanol–water partition coefficient (Wildman–Crippen LogP) is 2.32. The Kier molecular flexibility index (Phi) is 3.78. The molecule has 104 valence electrons. The molecule has 0 unspecified atom stereocenters. The molecule has 0 saturated carbocycles. The van der Waals surface area contributed by atoms with Gasteiger partial charge in [-0.05, 0) is 31.5 Å². The highest BCUT2D eigenvalue weighted by Crippen LogP contribution is 2.45. The molecule has 0 aliphatic carbocycles. The fraction of sp³-hybridized carbons (Fsp3) is 0.500. The number of aliphatic carboxylic acids is 1. The van der Waals surface area contributed by atoms with Gasteiger partial charge in [0.1, 0.15) is 6.04 Å². The lowest BCUT2D eigenvalue weighted by atomic mass is 10.0. The molecule has 1 aliphatic rings. The first-order valence-electron chi connectivity index (χ1n) is 6.25. The molecule has 0 bridgehead atoms. The van der Waals surface area contributed by atoms with Crippen molar-refractivity contribution in [1.29, 1.82) is 0 Å². The number of nitrogens with zero attached hydrogens (tertiary/aromatic N) is 1. The van der Waals surface area contributed by atoms with Crippen LogP contribution in [0.25, 0.3) is 0 Å². The second-order valence-corrected chi connectivity index (χ2v) is 7.28. The molecule has 2 N–H and O–H groups in total. The van der Waals surface area contributed by atoms with Gasteiger partial charge in [0.2, 0.25) is 0 Å². The molecule has 2 rings (SSSR count). The van der Waals surface area contributed by atoms with Crippen LogP contribution in [0.3, 0.4) is 0 Å². The lowest BCUT2D eigenvalue weighted by molar-refractivity contribution is -0.139. The third-order valence-corrected chi connectivity index (χ3v) is 4.88. The number of thioether (sulfide) groups is 1. The minimum absolute atomic E-state index is 0.0345. The molecule has 19 heavy (non-hydrogen) atoms. The fourth-order valence-corrected chi connectivity index (χ4v) is 3.65. The van der Waals surface area contributed by atoms with Crippen LogP contribution in [0, 0.1) is 0 Å². The van der Waals surface area contributed by atoms with Crippen molar-refractivity contribution in [1.82, 2.24) is 5.32 Å². The van der Waals surface area contributed by atoms with E-state index in [4.69, 9.17) is 0 Å². The Morgan fingerprint density at radius 3 is 2.32 bits per heavy atom. The highest BCUT2D eigenvalue weighted by atomic mass is 32.2. The van der Waals surface area contributed by atoms with Crippen molar-refractivity contribution in [3.63, 3.8) is 0 Å². The van der Waals surface area contributed by atoms with Gasteiger partial charge >= 0.3 is 5.97 Å². The Bertz CT molecular complexity index is 471. The van der Waals surface area contributed by atoms with Crippen LogP contribution in [-0.4, -0.2) is 36.0 Å². The quantitative estimate of drug-likeness (QED) is 0.890. The van der Waals surface area contributed by atoms with Gasteiger partial charge in [-0.15, -0.1) is 11.8 Å². The van der Waals surface area contributed by atoms with Crippen molar-refractivity contribution in [3.05, 3.63) is 29.8 Å². The monoisotopic (exact) mass is 280 g/mol. The van der Waals surface area contributed by atoms with Gasteiger partial charge in [-0.25, -0.2) is 0 Å². The molecule has 1 aliphatic heterocycles. The molecular weight excluding hydrogens is 260 g/mol. The van der Waals surface area contributed by atoms with E-state index in [2.05, 4.69) is 29.6 Å². The molecule has 0 aromatic heterocycles. The van der Waals surface area contributed by atoms with Gasteiger partial charge in [0, 0.05) is 24.5 Å². The fourth-order valence-electron chi connectivity index (χ4n) is 2.24. The minimum Gasteiger partial charge on any atom is -0.480 e. The maximum atomic E-state index is 11.3. The van der Waals surface area contributed by atoms with Crippen LogP contribution < -0.4 is 10.2 Å². The van der Waals surface area contributed by atoms with E-state index in [0.717, 1.165) is 11.3 Å². The number of anilines is 1. The number of carbonyl (C=O) groups is 1. The van der Waals surface area contributed by atoms with Gasteiger partial charge in [0.25, 0.3) is 0 Å². The van der Waals surface area contributed by atoms with Crippen LogP contribution in [0.15, 0.2) is 24.3 Å². The first-order valence-corrected chi connectivity index (χ1v) is 7.13. The summed E-state index contributed by atoms with van der Waals surface area (Å²) in [5.41, 5.74) is 2.26. The number of hydrogen-bond acceptors (Lipinski definition) is 4. The predicted molar refractivity (Wildman–Crippen MR) is 79.7 cm³/mol. The molecule has 1 saturated heterocycles. The summed E-state index contributed by atoms with van der Waals surface area (Å²) in [6, 6.07) is 7.70. The maximum Gasteiger partial charge on any atom is 0.322 e. The molecule has 1 aromatic rings. The smallest absolute Gasteiger partial charge is 0.322 e. The Balaban J connectivity index is 2.18. The number of hydrogen-bond donors (Lipinski definition) is 2. The summed E-state index contributed by atoms with van der Waals surface area (Å²) < 4.78 is -0.309. The number of carboxylic acid groups (broad SMARTS) is 1. The average Bonchev–Trinajstić information content (AvgIpc) is 2.65. The zero-order chi connectivity index (χ0) is 14.2. The zero-order valence-corrected chi connectivity index (χ0v) is 12.5. The SMILES string of the molecule is CN(C)c1ccc([C@H]2N[C@H](C(=O)O)C(C)(C)S2)cc1. The highest BCUT2D eigenvalue weighted by Gasteiger charge is 2.45. The first kappa shape index (κ1) is 14.2. The molecular formula is C14H20N2O2S. The highest BCUT2D eigenvalue weighted by molar-refractivity contribution is 8.01. The van der Waals surface area contributed by atoms with Crippen molar-refractivity contribution < 1.29 is 9.90 Å². The van der Waals surface area contributed by atoms with Crippen LogP contribution in [0.1, 0.15) is 24.8 Å². The third-order valence-electron chi connectivity index (χ3n) is 3.39. The summed E-state index contributed by atoms with van der Waals surface area (Å²) in [5, 5.41) is 12.5. The molecule has 2 atom stereocenters. The minimum atomic E-state index is -0.787. The van der Waals surface area contributed by atoms with E-state index < -0.39 is 12.0 Å². The number of benzene rings is 1. The van der Waals surface area contributed by atoms with E-state index in [1.807, 2.05) is 32.8 Å². The van der Waals surface area contributed by atoms with Crippen molar-refractivity contribution in [2.75, 3.05) is 19.0 Å². The average molecular weight is 280 g/mol. The molecule has 0 amide bonds. The third kappa shape index (κ3) is 2.87. The Labute approximate surface area is 118 Å². The van der Waals surface area contributed by atoms with E-state index in [1.54, 1.807) is 11.8 Å². The number of carboxylic acids is 1. The lowest BCUT2D eigenvalue weighted by Crippen LogP contribution is -2.43. The van der Waals surface area contributed by atoms with Gasteiger partial charge in [0.15, 0.2) is 0 Å². The summed E-state index contributed by atoms with van der Waals surface area (Å²) in [7, 11) is 4.00. The molecule has 0 spiro atoms. The van der Waals surface area contributed by atoms with Gasteiger partial charge in [-0.3, -0.25) is 10.1 Å². The molecule has 1 fully saturated rings. The molecule has 5 heteroatoms. The van der Waals surface area contributed by atoms with E-state index >= 15 is 0 Å². The summed E-state index contributed by atoms with van der Waals surface area (Å²) in [6.45, 7) is 3.94. The second-order valence-electron chi connectivity index (χ2n) is 5.53. The largest absolute Gasteiger partial charge is 0.480 e.